The SMILES string of the molecule is CCCCCCC(C)Nc1ccc(Nc2cccc(Nc3ccc(NC(C)CCCCCC)cc3)c2)cc1. The van der Waals surface area contributed by atoms with Gasteiger partial charge in [-0.25, -0.2) is 0 Å². The molecule has 2 unspecified atom stereocenters. The Morgan fingerprint density at radius 3 is 1.26 bits per heavy atom. The third kappa shape index (κ3) is 11.1. The Balaban J connectivity index is 1.46. The fraction of sp³-hybridized carbons (Fsp3) is 0.471. The van der Waals surface area contributed by atoms with Gasteiger partial charge in [0.05, 0.1) is 0 Å². The summed E-state index contributed by atoms with van der Waals surface area (Å²) in [5, 5.41) is 14.3. The molecule has 0 aliphatic carbocycles. The minimum absolute atomic E-state index is 0.497. The van der Waals surface area contributed by atoms with Crippen LogP contribution in [0.1, 0.15) is 91.9 Å². The van der Waals surface area contributed by atoms with Gasteiger partial charge in [-0.05, 0) is 93.4 Å². The molecule has 2 atom stereocenters. The third-order valence-corrected chi connectivity index (χ3v) is 7.02. The Morgan fingerprint density at radius 2 is 0.868 bits per heavy atom. The predicted molar refractivity (Wildman–Crippen MR) is 170 cm³/mol. The van der Waals surface area contributed by atoms with Gasteiger partial charge in [0, 0.05) is 46.2 Å². The van der Waals surface area contributed by atoms with E-state index in [1.54, 1.807) is 0 Å². The molecule has 38 heavy (non-hydrogen) atoms. The molecule has 0 amide bonds. The summed E-state index contributed by atoms with van der Waals surface area (Å²) in [6.07, 6.45) is 13.0. The van der Waals surface area contributed by atoms with Crippen LogP contribution in [0.2, 0.25) is 0 Å². The van der Waals surface area contributed by atoms with E-state index in [-0.39, 0.29) is 0 Å². The average molecular weight is 515 g/mol. The second-order valence-electron chi connectivity index (χ2n) is 10.8. The maximum atomic E-state index is 3.63. The zero-order valence-corrected chi connectivity index (χ0v) is 24.2. The van der Waals surface area contributed by atoms with Crippen molar-refractivity contribution in [1.82, 2.24) is 0 Å². The first-order valence-electron chi connectivity index (χ1n) is 14.9. The quantitative estimate of drug-likeness (QED) is 0.127. The zero-order chi connectivity index (χ0) is 27.0. The molecule has 206 valence electrons. The number of hydrogen-bond donors (Lipinski definition) is 4. The lowest BCUT2D eigenvalue weighted by atomic mass is 10.1. The van der Waals surface area contributed by atoms with E-state index in [2.05, 4.69) is 122 Å². The van der Waals surface area contributed by atoms with Crippen molar-refractivity contribution >= 4 is 34.1 Å². The molecule has 0 aliphatic rings. The fourth-order valence-electron chi connectivity index (χ4n) is 4.78. The monoisotopic (exact) mass is 514 g/mol. The molecule has 0 saturated heterocycles. The van der Waals surface area contributed by atoms with Crippen LogP contribution in [-0.4, -0.2) is 12.1 Å². The van der Waals surface area contributed by atoms with Crippen LogP contribution in [0.4, 0.5) is 34.1 Å². The van der Waals surface area contributed by atoms with Gasteiger partial charge in [-0.1, -0.05) is 71.3 Å². The minimum atomic E-state index is 0.497. The first-order chi connectivity index (χ1) is 18.6. The second-order valence-corrected chi connectivity index (χ2v) is 10.8. The van der Waals surface area contributed by atoms with Crippen molar-refractivity contribution in [2.75, 3.05) is 21.3 Å². The maximum absolute atomic E-state index is 3.63. The molecule has 3 rings (SSSR count). The first kappa shape index (κ1) is 29.4. The van der Waals surface area contributed by atoms with E-state index in [0.29, 0.717) is 12.1 Å². The molecule has 3 aromatic rings. The summed E-state index contributed by atoms with van der Waals surface area (Å²) >= 11 is 0. The molecule has 0 aromatic heterocycles. The van der Waals surface area contributed by atoms with Crippen molar-refractivity contribution < 1.29 is 0 Å². The molecule has 0 aliphatic heterocycles. The summed E-state index contributed by atoms with van der Waals surface area (Å²) in [6, 6.07) is 26.6. The molecule has 0 spiro atoms. The summed E-state index contributed by atoms with van der Waals surface area (Å²) in [5.41, 5.74) is 6.66. The number of rotatable bonds is 18. The molecule has 4 heteroatoms. The minimum Gasteiger partial charge on any atom is -0.383 e. The van der Waals surface area contributed by atoms with Gasteiger partial charge in [0.1, 0.15) is 0 Å². The lowest BCUT2D eigenvalue weighted by Crippen LogP contribution is -2.14. The highest BCUT2D eigenvalue weighted by Crippen LogP contribution is 2.25. The average Bonchev–Trinajstić information content (AvgIpc) is 2.92. The molecule has 0 heterocycles. The molecule has 0 fully saturated rings. The number of unbranched alkanes of at least 4 members (excludes halogenated alkanes) is 6. The van der Waals surface area contributed by atoms with Crippen LogP contribution in [-0.2, 0) is 0 Å². The Bertz CT molecular complexity index is 948. The number of nitrogens with one attached hydrogen (secondary N) is 4. The van der Waals surface area contributed by atoms with E-state index in [0.717, 1.165) is 22.7 Å². The normalized spacial score (nSPS) is 12.5. The Hall–Kier alpha value is -3.14. The lowest BCUT2D eigenvalue weighted by molar-refractivity contribution is 0.594. The van der Waals surface area contributed by atoms with Gasteiger partial charge in [-0.3, -0.25) is 0 Å². The van der Waals surface area contributed by atoms with E-state index >= 15 is 0 Å². The van der Waals surface area contributed by atoms with Crippen LogP contribution < -0.4 is 21.3 Å². The first-order valence-corrected chi connectivity index (χ1v) is 14.9. The molecular weight excluding hydrogens is 464 g/mol. The number of benzene rings is 3. The molecule has 3 aromatic carbocycles. The van der Waals surface area contributed by atoms with Crippen LogP contribution in [0.25, 0.3) is 0 Å². The highest BCUT2D eigenvalue weighted by Gasteiger charge is 2.05. The second kappa shape index (κ2) is 16.7. The summed E-state index contributed by atoms with van der Waals surface area (Å²) in [7, 11) is 0. The predicted octanol–water partition coefficient (Wildman–Crippen LogP) is 10.7. The van der Waals surface area contributed by atoms with Gasteiger partial charge in [0.15, 0.2) is 0 Å². The van der Waals surface area contributed by atoms with Crippen molar-refractivity contribution in [1.29, 1.82) is 0 Å². The standard InChI is InChI=1S/C34H50N4/c1-5-7-9-11-14-27(3)35-29-18-22-31(23-19-29)37-33-16-13-17-34(26-33)38-32-24-20-30(21-25-32)36-28(4)15-12-10-8-6-2/h13,16-28,35-38H,5-12,14-15H2,1-4H3. The van der Waals surface area contributed by atoms with E-state index in [1.807, 2.05) is 0 Å². The topological polar surface area (TPSA) is 48.1 Å². The molecule has 4 N–H and O–H groups in total. The number of anilines is 6. The van der Waals surface area contributed by atoms with Gasteiger partial charge >= 0.3 is 0 Å². The highest BCUT2D eigenvalue weighted by molar-refractivity contribution is 5.69. The van der Waals surface area contributed by atoms with Crippen molar-refractivity contribution in [3.63, 3.8) is 0 Å². The van der Waals surface area contributed by atoms with E-state index in [4.69, 9.17) is 0 Å². The lowest BCUT2D eigenvalue weighted by Gasteiger charge is -2.16. The van der Waals surface area contributed by atoms with Crippen molar-refractivity contribution in [3.8, 4) is 0 Å². The van der Waals surface area contributed by atoms with Crippen LogP contribution in [0, 0.1) is 0 Å². The summed E-state index contributed by atoms with van der Waals surface area (Å²) < 4.78 is 0. The van der Waals surface area contributed by atoms with Gasteiger partial charge in [0.25, 0.3) is 0 Å². The Labute approximate surface area is 232 Å². The summed E-state index contributed by atoms with van der Waals surface area (Å²) in [5.74, 6) is 0. The molecular formula is C34H50N4. The Morgan fingerprint density at radius 1 is 0.474 bits per heavy atom. The fourth-order valence-corrected chi connectivity index (χ4v) is 4.78. The van der Waals surface area contributed by atoms with Gasteiger partial charge in [-0.15, -0.1) is 0 Å². The van der Waals surface area contributed by atoms with Crippen molar-refractivity contribution in [2.24, 2.45) is 0 Å². The largest absolute Gasteiger partial charge is 0.383 e. The van der Waals surface area contributed by atoms with Crippen LogP contribution in [0.15, 0.2) is 72.8 Å². The molecule has 0 radical (unpaired) electrons. The van der Waals surface area contributed by atoms with Gasteiger partial charge in [0.2, 0.25) is 0 Å². The van der Waals surface area contributed by atoms with Gasteiger partial charge in [-0.2, -0.15) is 0 Å². The smallest absolute Gasteiger partial charge is 0.0405 e. The Kier molecular flexibility index (Phi) is 12.9. The van der Waals surface area contributed by atoms with E-state index < -0.39 is 0 Å². The van der Waals surface area contributed by atoms with Crippen molar-refractivity contribution in [2.45, 2.75) is 104 Å². The van der Waals surface area contributed by atoms with Crippen molar-refractivity contribution in [3.05, 3.63) is 72.8 Å². The molecule has 0 saturated carbocycles. The van der Waals surface area contributed by atoms with Crippen LogP contribution in [0.3, 0.4) is 0 Å². The van der Waals surface area contributed by atoms with Crippen LogP contribution >= 0.6 is 0 Å². The molecule has 4 nitrogen and oxygen atoms in total. The highest BCUT2D eigenvalue weighted by atomic mass is 14.9. The van der Waals surface area contributed by atoms with E-state index in [9.17, 15) is 0 Å². The maximum Gasteiger partial charge on any atom is 0.0405 e. The summed E-state index contributed by atoms with van der Waals surface area (Å²) in [4.78, 5) is 0. The summed E-state index contributed by atoms with van der Waals surface area (Å²) in [6.45, 7) is 9.07. The third-order valence-electron chi connectivity index (χ3n) is 7.02. The molecule has 0 bridgehead atoms. The van der Waals surface area contributed by atoms with Gasteiger partial charge < -0.3 is 21.3 Å². The zero-order valence-electron chi connectivity index (χ0n) is 24.2. The van der Waals surface area contributed by atoms with Crippen LogP contribution in [0.5, 0.6) is 0 Å². The number of hydrogen-bond acceptors (Lipinski definition) is 4. The van der Waals surface area contributed by atoms with E-state index in [1.165, 1.54) is 75.6 Å².